The van der Waals surface area contributed by atoms with E-state index in [0.717, 1.165) is 11.1 Å². The molecule has 1 aromatic carbocycles. The van der Waals surface area contributed by atoms with Crippen LogP contribution in [0.3, 0.4) is 0 Å². The molecule has 0 saturated heterocycles. The highest BCUT2D eigenvalue weighted by Gasteiger charge is 2.47. The van der Waals surface area contributed by atoms with Gasteiger partial charge in [0.25, 0.3) is 0 Å². The lowest BCUT2D eigenvalue weighted by Gasteiger charge is -2.49. The molecule has 1 fully saturated rings. The number of carbonyl (C=O) groups is 1. The molecule has 108 valence electrons. The molecule has 0 bridgehead atoms. The van der Waals surface area contributed by atoms with Gasteiger partial charge in [0.1, 0.15) is 0 Å². The van der Waals surface area contributed by atoms with Crippen molar-refractivity contribution in [1.82, 2.24) is 5.32 Å². The molecule has 0 aliphatic heterocycles. The van der Waals surface area contributed by atoms with Gasteiger partial charge in [-0.05, 0) is 37.5 Å². The second-order valence-corrected chi connectivity index (χ2v) is 6.33. The highest BCUT2D eigenvalue weighted by atomic mass is 16.3. The third-order valence-corrected chi connectivity index (χ3v) is 4.37. The van der Waals surface area contributed by atoms with Crippen LogP contribution in [0.4, 0.5) is 0 Å². The molecular formula is C17H23NO2. The standard InChI is InChI=1S/C17H23NO2/c1-11-5-6-13(12(2)9-11)7-8-16(20)18-14-10-15(19)17(14,3)4/h5-9,14-15,19H,10H2,1-4H3,(H,18,20)/b8-7+. The number of hydrogen-bond donors (Lipinski definition) is 2. The molecule has 1 aromatic rings. The quantitative estimate of drug-likeness (QED) is 0.832. The van der Waals surface area contributed by atoms with Gasteiger partial charge in [-0.1, -0.05) is 37.6 Å². The zero-order valence-corrected chi connectivity index (χ0v) is 12.6. The van der Waals surface area contributed by atoms with Crippen molar-refractivity contribution in [2.75, 3.05) is 0 Å². The van der Waals surface area contributed by atoms with E-state index in [0.29, 0.717) is 6.42 Å². The maximum absolute atomic E-state index is 11.9. The molecule has 1 aliphatic rings. The second kappa shape index (κ2) is 5.41. The van der Waals surface area contributed by atoms with Gasteiger partial charge in [0, 0.05) is 17.5 Å². The van der Waals surface area contributed by atoms with Crippen molar-refractivity contribution in [3.05, 3.63) is 41.0 Å². The molecule has 0 radical (unpaired) electrons. The maximum Gasteiger partial charge on any atom is 0.244 e. The summed E-state index contributed by atoms with van der Waals surface area (Å²) in [6.45, 7) is 8.03. The fourth-order valence-corrected chi connectivity index (χ4v) is 2.55. The molecule has 1 amide bonds. The number of carbonyl (C=O) groups excluding carboxylic acids is 1. The van der Waals surface area contributed by atoms with E-state index >= 15 is 0 Å². The molecule has 2 atom stereocenters. The van der Waals surface area contributed by atoms with E-state index in [1.54, 1.807) is 6.08 Å². The van der Waals surface area contributed by atoms with Gasteiger partial charge in [-0.2, -0.15) is 0 Å². The number of aliphatic hydroxyl groups excluding tert-OH is 1. The van der Waals surface area contributed by atoms with Crippen LogP contribution in [-0.4, -0.2) is 23.2 Å². The average molecular weight is 273 g/mol. The van der Waals surface area contributed by atoms with Crippen LogP contribution in [0.5, 0.6) is 0 Å². The summed E-state index contributed by atoms with van der Waals surface area (Å²) >= 11 is 0. The van der Waals surface area contributed by atoms with E-state index < -0.39 is 0 Å². The minimum Gasteiger partial charge on any atom is -0.392 e. The molecule has 2 rings (SSSR count). The fraction of sp³-hybridized carbons (Fsp3) is 0.471. The average Bonchev–Trinajstić information content (AvgIpc) is 2.37. The molecule has 0 spiro atoms. The Balaban J connectivity index is 1.96. The van der Waals surface area contributed by atoms with Crippen LogP contribution < -0.4 is 5.32 Å². The van der Waals surface area contributed by atoms with Crippen molar-refractivity contribution in [3.63, 3.8) is 0 Å². The molecule has 0 heterocycles. The van der Waals surface area contributed by atoms with Crippen LogP contribution in [0.2, 0.25) is 0 Å². The van der Waals surface area contributed by atoms with Crippen molar-refractivity contribution >= 4 is 12.0 Å². The summed E-state index contributed by atoms with van der Waals surface area (Å²) in [5, 5.41) is 12.6. The Morgan fingerprint density at radius 3 is 2.65 bits per heavy atom. The highest BCUT2D eigenvalue weighted by Crippen LogP contribution is 2.40. The largest absolute Gasteiger partial charge is 0.392 e. The minimum absolute atomic E-state index is 0.0498. The number of aliphatic hydroxyl groups is 1. The van der Waals surface area contributed by atoms with Crippen molar-refractivity contribution in [1.29, 1.82) is 0 Å². The van der Waals surface area contributed by atoms with E-state index in [4.69, 9.17) is 0 Å². The van der Waals surface area contributed by atoms with Crippen molar-refractivity contribution in [3.8, 4) is 0 Å². The number of aryl methyl sites for hydroxylation is 2. The molecule has 20 heavy (non-hydrogen) atoms. The van der Waals surface area contributed by atoms with Crippen molar-refractivity contribution in [2.45, 2.75) is 46.3 Å². The first kappa shape index (κ1) is 14.8. The molecule has 3 heteroatoms. The third-order valence-electron chi connectivity index (χ3n) is 4.37. The van der Waals surface area contributed by atoms with Crippen molar-refractivity contribution in [2.24, 2.45) is 5.41 Å². The van der Waals surface area contributed by atoms with Crippen LogP contribution in [0.1, 0.15) is 37.0 Å². The molecule has 2 unspecified atom stereocenters. The monoisotopic (exact) mass is 273 g/mol. The predicted octanol–water partition coefficient (Wildman–Crippen LogP) is 2.59. The van der Waals surface area contributed by atoms with E-state index in [1.807, 2.05) is 39.0 Å². The lowest BCUT2D eigenvalue weighted by atomic mass is 9.64. The fourth-order valence-electron chi connectivity index (χ4n) is 2.55. The maximum atomic E-state index is 11.9. The highest BCUT2D eigenvalue weighted by molar-refractivity contribution is 5.92. The SMILES string of the molecule is Cc1ccc(/C=C/C(=O)NC2CC(O)C2(C)C)c(C)c1. The normalized spacial score (nSPS) is 24.4. The Labute approximate surface area is 120 Å². The van der Waals surface area contributed by atoms with E-state index in [-0.39, 0.29) is 23.5 Å². The van der Waals surface area contributed by atoms with E-state index in [2.05, 4.69) is 18.3 Å². The summed E-state index contributed by atoms with van der Waals surface area (Å²) in [5.74, 6) is -0.102. The first-order valence-corrected chi connectivity index (χ1v) is 7.04. The smallest absolute Gasteiger partial charge is 0.244 e. The topological polar surface area (TPSA) is 49.3 Å². The lowest BCUT2D eigenvalue weighted by molar-refractivity contribution is -0.124. The van der Waals surface area contributed by atoms with Gasteiger partial charge in [0.2, 0.25) is 5.91 Å². The van der Waals surface area contributed by atoms with Gasteiger partial charge < -0.3 is 10.4 Å². The first-order chi connectivity index (χ1) is 9.30. The summed E-state index contributed by atoms with van der Waals surface area (Å²) in [6, 6.07) is 6.21. The number of rotatable bonds is 3. The van der Waals surface area contributed by atoms with Crippen LogP contribution >= 0.6 is 0 Å². The Hall–Kier alpha value is -1.61. The number of amides is 1. The molecular weight excluding hydrogens is 250 g/mol. The van der Waals surface area contributed by atoms with Gasteiger partial charge >= 0.3 is 0 Å². The van der Waals surface area contributed by atoms with Gasteiger partial charge in [-0.15, -0.1) is 0 Å². The van der Waals surface area contributed by atoms with Crippen LogP contribution in [0.25, 0.3) is 6.08 Å². The lowest BCUT2D eigenvalue weighted by Crippen LogP contribution is -2.60. The van der Waals surface area contributed by atoms with E-state index in [1.165, 1.54) is 5.56 Å². The summed E-state index contributed by atoms with van der Waals surface area (Å²) < 4.78 is 0. The molecule has 1 saturated carbocycles. The summed E-state index contributed by atoms with van der Waals surface area (Å²) in [5.41, 5.74) is 3.20. The van der Waals surface area contributed by atoms with Gasteiger partial charge in [-0.3, -0.25) is 4.79 Å². The van der Waals surface area contributed by atoms with Gasteiger partial charge in [0.15, 0.2) is 0 Å². The zero-order chi connectivity index (χ0) is 14.9. The molecule has 3 nitrogen and oxygen atoms in total. The predicted molar refractivity (Wildman–Crippen MR) is 81.3 cm³/mol. The van der Waals surface area contributed by atoms with E-state index in [9.17, 15) is 9.90 Å². The van der Waals surface area contributed by atoms with Crippen LogP contribution in [-0.2, 0) is 4.79 Å². The Morgan fingerprint density at radius 1 is 1.40 bits per heavy atom. The minimum atomic E-state index is -0.323. The summed E-state index contributed by atoms with van der Waals surface area (Å²) in [7, 11) is 0. The number of nitrogens with one attached hydrogen (secondary N) is 1. The number of hydrogen-bond acceptors (Lipinski definition) is 2. The molecule has 2 N–H and O–H groups in total. The van der Waals surface area contributed by atoms with Crippen LogP contribution in [0, 0.1) is 19.3 Å². The van der Waals surface area contributed by atoms with Crippen molar-refractivity contribution < 1.29 is 9.90 Å². The molecule has 1 aliphatic carbocycles. The Morgan fingerprint density at radius 2 is 2.10 bits per heavy atom. The zero-order valence-electron chi connectivity index (χ0n) is 12.6. The summed E-state index contributed by atoms with van der Waals surface area (Å²) in [6.07, 6.45) is 3.72. The van der Waals surface area contributed by atoms with Gasteiger partial charge in [-0.25, -0.2) is 0 Å². The first-order valence-electron chi connectivity index (χ1n) is 7.04. The van der Waals surface area contributed by atoms with Crippen LogP contribution in [0.15, 0.2) is 24.3 Å². The molecule has 0 aromatic heterocycles. The number of benzene rings is 1. The van der Waals surface area contributed by atoms with Gasteiger partial charge in [0.05, 0.1) is 6.10 Å². The Kier molecular flexibility index (Phi) is 4.00. The third kappa shape index (κ3) is 2.93. The Bertz CT molecular complexity index is 546. The second-order valence-electron chi connectivity index (χ2n) is 6.33. The summed E-state index contributed by atoms with van der Waals surface area (Å²) in [4.78, 5) is 11.9.